The number of nitrogens with one attached hydrogen (secondary N) is 1. The molecule has 0 aliphatic rings. The first-order valence-electron chi connectivity index (χ1n) is 6.19. The summed E-state index contributed by atoms with van der Waals surface area (Å²) in [6.07, 6.45) is 0. The lowest BCUT2D eigenvalue weighted by molar-refractivity contribution is 0.356. The van der Waals surface area contributed by atoms with Gasteiger partial charge >= 0.3 is 0 Å². The molecule has 6 heteroatoms. The molecule has 0 fully saturated rings. The Kier molecular flexibility index (Phi) is 3.95. The van der Waals surface area contributed by atoms with Crippen LogP contribution in [0.4, 0.5) is 0 Å². The van der Waals surface area contributed by atoms with E-state index in [9.17, 15) is 0 Å². The SMILES string of the molecule is COc1cc2nc(-c3ccc(I)c(Cl)c3)[nH]c2cc1OC. The third kappa shape index (κ3) is 2.67. The van der Waals surface area contributed by atoms with Gasteiger partial charge in [-0.05, 0) is 34.7 Å². The predicted molar refractivity (Wildman–Crippen MR) is 92.4 cm³/mol. The standard InChI is InChI=1S/C15H12ClIN2O2/c1-20-13-6-11-12(7-14(13)21-2)19-15(18-11)8-3-4-10(17)9(16)5-8/h3-7H,1-2H3,(H,18,19). The molecule has 0 atom stereocenters. The van der Waals surface area contributed by atoms with E-state index in [0.29, 0.717) is 16.5 Å². The van der Waals surface area contributed by atoms with Gasteiger partial charge in [-0.2, -0.15) is 0 Å². The lowest BCUT2D eigenvalue weighted by Gasteiger charge is -2.06. The maximum atomic E-state index is 6.17. The van der Waals surface area contributed by atoms with Crippen molar-refractivity contribution in [1.29, 1.82) is 0 Å². The molecule has 1 N–H and O–H groups in total. The zero-order valence-corrected chi connectivity index (χ0v) is 14.3. The van der Waals surface area contributed by atoms with Gasteiger partial charge in [0.15, 0.2) is 11.5 Å². The van der Waals surface area contributed by atoms with Crippen LogP contribution < -0.4 is 9.47 Å². The highest BCUT2D eigenvalue weighted by Crippen LogP contribution is 2.33. The number of methoxy groups -OCH3 is 2. The van der Waals surface area contributed by atoms with E-state index in [0.717, 1.165) is 26.0 Å². The topological polar surface area (TPSA) is 47.1 Å². The number of H-pyrrole nitrogens is 1. The van der Waals surface area contributed by atoms with Crippen LogP contribution in [0.15, 0.2) is 30.3 Å². The van der Waals surface area contributed by atoms with Crippen molar-refractivity contribution in [3.63, 3.8) is 0 Å². The Morgan fingerprint density at radius 3 is 2.48 bits per heavy atom. The fraction of sp³-hybridized carbons (Fsp3) is 0.133. The summed E-state index contributed by atoms with van der Waals surface area (Å²) in [6, 6.07) is 9.57. The van der Waals surface area contributed by atoms with Gasteiger partial charge in [-0.1, -0.05) is 17.7 Å². The molecule has 3 rings (SSSR count). The van der Waals surface area contributed by atoms with Gasteiger partial charge in [0.05, 0.1) is 30.3 Å². The van der Waals surface area contributed by atoms with Gasteiger partial charge in [-0.15, -0.1) is 0 Å². The lowest BCUT2D eigenvalue weighted by atomic mass is 10.2. The van der Waals surface area contributed by atoms with Crippen LogP contribution in [0.1, 0.15) is 0 Å². The van der Waals surface area contributed by atoms with Gasteiger partial charge in [0.2, 0.25) is 0 Å². The normalized spacial score (nSPS) is 10.9. The first-order chi connectivity index (χ1) is 10.1. The molecular formula is C15H12ClIN2O2. The molecule has 0 aliphatic carbocycles. The number of rotatable bonds is 3. The van der Waals surface area contributed by atoms with Crippen LogP contribution in [-0.2, 0) is 0 Å². The molecule has 3 aromatic rings. The maximum absolute atomic E-state index is 6.17. The molecule has 2 aromatic carbocycles. The van der Waals surface area contributed by atoms with Crippen LogP contribution in [-0.4, -0.2) is 24.2 Å². The number of halogens is 2. The fourth-order valence-electron chi connectivity index (χ4n) is 2.12. The van der Waals surface area contributed by atoms with Crippen LogP contribution >= 0.6 is 34.2 Å². The molecule has 0 unspecified atom stereocenters. The molecule has 1 heterocycles. The second-order valence-corrected chi connectivity index (χ2v) is 6.01. The van der Waals surface area contributed by atoms with Crippen LogP contribution in [0.3, 0.4) is 0 Å². The first kappa shape index (κ1) is 14.5. The van der Waals surface area contributed by atoms with Crippen LogP contribution in [0, 0.1) is 3.57 Å². The highest BCUT2D eigenvalue weighted by molar-refractivity contribution is 14.1. The zero-order valence-electron chi connectivity index (χ0n) is 11.4. The van der Waals surface area contributed by atoms with E-state index in [1.807, 2.05) is 30.3 Å². The van der Waals surface area contributed by atoms with Crippen molar-refractivity contribution in [3.8, 4) is 22.9 Å². The first-order valence-corrected chi connectivity index (χ1v) is 7.65. The molecular weight excluding hydrogens is 403 g/mol. The monoisotopic (exact) mass is 414 g/mol. The van der Waals surface area contributed by atoms with Crippen LogP contribution in [0.5, 0.6) is 11.5 Å². The van der Waals surface area contributed by atoms with E-state index >= 15 is 0 Å². The number of hydrogen-bond acceptors (Lipinski definition) is 3. The quantitative estimate of drug-likeness (QED) is 0.642. The smallest absolute Gasteiger partial charge is 0.163 e. The number of nitrogens with zero attached hydrogens (tertiary/aromatic N) is 1. The predicted octanol–water partition coefficient (Wildman–Crippen LogP) is 4.51. The number of ether oxygens (including phenoxy) is 2. The third-order valence-electron chi connectivity index (χ3n) is 3.18. The highest BCUT2D eigenvalue weighted by atomic mass is 127. The summed E-state index contributed by atoms with van der Waals surface area (Å²) >= 11 is 8.37. The Bertz CT molecular complexity index is 776. The second kappa shape index (κ2) is 5.73. The number of fused-ring (bicyclic) bond motifs is 1. The molecule has 1 aromatic heterocycles. The molecule has 0 bridgehead atoms. The number of hydrogen-bond donors (Lipinski definition) is 1. The van der Waals surface area contributed by atoms with Crippen molar-refractivity contribution in [1.82, 2.24) is 9.97 Å². The molecule has 0 saturated heterocycles. The minimum absolute atomic E-state index is 0.656. The maximum Gasteiger partial charge on any atom is 0.163 e. The van der Waals surface area contributed by atoms with E-state index in [-0.39, 0.29) is 0 Å². The summed E-state index contributed by atoms with van der Waals surface area (Å²) in [4.78, 5) is 7.86. The van der Waals surface area contributed by atoms with E-state index in [1.54, 1.807) is 14.2 Å². The van der Waals surface area contributed by atoms with Crippen molar-refractivity contribution < 1.29 is 9.47 Å². The van der Waals surface area contributed by atoms with E-state index in [1.165, 1.54) is 0 Å². The van der Waals surface area contributed by atoms with Crippen molar-refractivity contribution in [2.45, 2.75) is 0 Å². The molecule has 0 spiro atoms. The second-order valence-electron chi connectivity index (χ2n) is 4.44. The lowest BCUT2D eigenvalue weighted by Crippen LogP contribution is -1.89. The number of aromatic amines is 1. The Labute approximate surface area is 140 Å². The van der Waals surface area contributed by atoms with Gasteiger partial charge in [-0.3, -0.25) is 0 Å². The molecule has 108 valence electrons. The Morgan fingerprint density at radius 2 is 1.81 bits per heavy atom. The zero-order chi connectivity index (χ0) is 15.0. The van der Waals surface area contributed by atoms with Gasteiger partial charge < -0.3 is 14.5 Å². The summed E-state index contributed by atoms with van der Waals surface area (Å²) in [7, 11) is 3.22. The van der Waals surface area contributed by atoms with E-state index in [4.69, 9.17) is 21.1 Å². The Morgan fingerprint density at radius 1 is 1.10 bits per heavy atom. The summed E-state index contributed by atoms with van der Waals surface area (Å²) in [5, 5.41) is 0.712. The number of benzene rings is 2. The average Bonchev–Trinajstić information content (AvgIpc) is 2.91. The van der Waals surface area contributed by atoms with Gasteiger partial charge in [0, 0.05) is 21.3 Å². The van der Waals surface area contributed by atoms with Crippen LogP contribution in [0.25, 0.3) is 22.4 Å². The van der Waals surface area contributed by atoms with Gasteiger partial charge in [0.1, 0.15) is 5.82 Å². The Hall–Kier alpha value is -1.47. The largest absolute Gasteiger partial charge is 0.493 e. The van der Waals surface area contributed by atoms with Crippen LogP contribution in [0.2, 0.25) is 5.02 Å². The summed E-state index contributed by atoms with van der Waals surface area (Å²) in [6.45, 7) is 0. The van der Waals surface area contributed by atoms with E-state index < -0.39 is 0 Å². The molecule has 0 amide bonds. The number of imidazole rings is 1. The molecule has 0 aliphatic heterocycles. The van der Waals surface area contributed by atoms with Gasteiger partial charge in [-0.25, -0.2) is 4.98 Å². The minimum Gasteiger partial charge on any atom is -0.493 e. The third-order valence-corrected chi connectivity index (χ3v) is 4.75. The number of aromatic nitrogens is 2. The summed E-state index contributed by atoms with van der Waals surface area (Å²) in [5.41, 5.74) is 2.64. The van der Waals surface area contributed by atoms with Crippen molar-refractivity contribution in [2.75, 3.05) is 14.2 Å². The van der Waals surface area contributed by atoms with Crippen molar-refractivity contribution in [3.05, 3.63) is 38.9 Å². The van der Waals surface area contributed by atoms with Gasteiger partial charge in [0.25, 0.3) is 0 Å². The van der Waals surface area contributed by atoms with Crippen molar-refractivity contribution >= 4 is 45.2 Å². The summed E-state index contributed by atoms with van der Waals surface area (Å²) < 4.78 is 11.6. The molecule has 4 nitrogen and oxygen atoms in total. The highest BCUT2D eigenvalue weighted by Gasteiger charge is 2.11. The van der Waals surface area contributed by atoms with E-state index in [2.05, 4.69) is 32.6 Å². The summed E-state index contributed by atoms with van der Waals surface area (Å²) in [5.74, 6) is 2.09. The fourth-order valence-corrected chi connectivity index (χ4v) is 2.63. The average molecular weight is 415 g/mol. The van der Waals surface area contributed by atoms with Crippen molar-refractivity contribution in [2.24, 2.45) is 0 Å². The minimum atomic E-state index is 0.656. The molecule has 0 radical (unpaired) electrons. The molecule has 21 heavy (non-hydrogen) atoms. The molecule has 0 saturated carbocycles. The Balaban J connectivity index is 2.14.